The van der Waals surface area contributed by atoms with Gasteiger partial charge in [0.2, 0.25) is 0 Å². The summed E-state index contributed by atoms with van der Waals surface area (Å²) >= 11 is 5.24. The van der Waals surface area contributed by atoms with Crippen LogP contribution in [0.1, 0.15) is 35.4 Å². The molecule has 0 unspecified atom stereocenters. The summed E-state index contributed by atoms with van der Waals surface area (Å²) in [7, 11) is 1.85. The molecule has 0 aromatic carbocycles. The molecule has 1 N–H and O–H groups in total. The molecule has 0 fully saturated rings. The largest absolute Gasteiger partial charge is 0.378 e. The molecule has 0 spiro atoms. The molecule has 15 heavy (non-hydrogen) atoms. The standard InChI is InChI=1S/C12H16N2S/c1-8-7-9-5-3-4-6-10(9)14-11(8)12(15)13-2/h7H,3-6H2,1-2H3,(H,13,15). The molecular formula is C12H16N2S. The van der Waals surface area contributed by atoms with Crippen molar-refractivity contribution in [3.63, 3.8) is 0 Å². The molecule has 80 valence electrons. The number of hydrogen-bond acceptors (Lipinski definition) is 2. The minimum atomic E-state index is 0.751. The van der Waals surface area contributed by atoms with Crippen molar-refractivity contribution in [1.82, 2.24) is 10.3 Å². The zero-order valence-corrected chi connectivity index (χ0v) is 10.1. The first-order valence-corrected chi connectivity index (χ1v) is 5.84. The molecule has 2 nitrogen and oxygen atoms in total. The quantitative estimate of drug-likeness (QED) is 0.734. The third-order valence-electron chi connectivity index (χ3n) is 2.93. The lowest BCUT2D eigenvalue weighted by molar-refractivity contribution is 0.666. The molecule has 3 heteroatoms. The molecule has 0 radical (unpaired) electrons. The topological polar surface area (TPSA) is 24.9 Å². The van der Waals surface area contributed by atoms with Gasteiger partial charge in [-0.3, -0.25) is 0 Å². The maximum absolute atomic E-state index is 5.24. The summed E-state index contributed by atoms with van der Waals surface area (Å²) in [5.41, 5.74) is 4.81. The Morgan fingerprint density at radius 3 is 2.87 bits per heavy atom. The van der Waals surface area contributed by atoms with Crippen molar-refractivity contribution in [3.05, 3.63) is 28.6 Å². The van der Waals surface area contributed by atoms with E-state index in [9.17, 15) is 0 Å². The molecule has 0 saturated carbocycles. The van der Waals surface area contributed by atoms with Crippen molar-refractivity contribution >= 4 is 17.2 Å². The highest BCUT2D eigenvalue weighted by Crippen LogP contribution is 2.21. The van der Waals surface area contributed by atoms with Gasteiger partial charge < -0.3 is 5.32 Å². The highest BCUT2D eigenvalue weighted by atomic mass is 32.1. The molecule has 1 aliphatic rings. The molecular weight excluding hydrogens is 204 g/mol. The van der Waals surface area contributed by atoms with Gasteiger partial charge in [-0.25, -0.2) is 4.98 Å². The van der Waals surface area contributed by atoms with Crippen molar-refractivity contribution in [2.75, 3.05) is 7.05 Å². The van der Waals surface area contributed by atoms with Gasteiger partial charge in [-0.15, -0.1) is 0 Å². The number of rotatable bonds is 1. The molecule has 0 bridgehead atoms. The number of aromatic nitrogens is 1. The molecule has 1 aromatic rings. The fourth-order valence-electron chi connectivity index (χ4n) is 2.10. The second kappa shape index (κ2) is 4.27. The molecule has 1 aliphatic carbocycles. The summed E-state index contributed by atoms with van der Waals surface area (Å²) in [4.78, 5) is 5.43. The number of pyridine rings is 1. The van der Waals surface area contributed by atoms with Crippen LogP contribution in [-0.4, -0.2) is 17.0 Å². The molecule has 0 amide bonds. The first-order valence-electron chi connectivity index (χ1n) is 5.44. The van der Waals surface area contributed by atoms with Crippen molar-refractivity contribution in [2.45, 2.75) is 32.6 Å². The van der Waals surface area contributed by atoms with E-state index < -0.39 is 0 Å². The van der Waals surface area contributed by atoms with Crippen molar-refractivity contribution in [2.24, 2.45) is 0 Å². The summed E-state index contributed by atoms with van der Waals surface area (Å²) in [6, 6.07) is 2.25. The molecule has 2 rings (SSSR count). The summed E-state index contributed by atoms with van der Waals surface area (Å²) in [5.74, 6) is 0. The fourth-order valence-corrected chi connectivity index (χ4v) is 2.30. The number of aryl methyl sites for hydroxylation is 3. The minimum Gasteiger partial charge on any atom is -0.378 e. The van der Waals surface area contributed by atoms with E-state index in [2.05, 4.69) is 23.3 Å². The van der Waals surface area contributed by atoms with E-state index in [0.29, 0.717) is 0 Å². The Balaban J connectivity index is 2.44. The van der Waals surface area contributed by atoms with E-state index in [4.69, 9.17) is 12.2 Å². The van der Waals surface area contributed by atoms with Crippen molar-refractivity contribution in [1.29, 1.82) is 0 Å². The van der Waals surface area contributed by atoms with Crippen molar-refractivity contribution < 1.29 is 0 Å². The highest BCUT2D eigenvalue weighted by molar-refractivity contribution is 7.80. The van der Waals surface area contributed by atoms with Gasteiger partial charge in [-0.05, 0) is 43.7 Å². The number of fused-ring (bicyclic) bond motifs is 1. The Bertz CT molecular complexity index is 399. The third-order valence-corrected chi connectivity index (χ3v) is 3.33. The maximum atomic E-state index is 5.24. The predicted molar refractivity (Wildman–Crippen MR) is 66.4 cm³/mol. The van der Waals surface area contributed by atoms with Gasteiger partial charge >= 0.3 is 0 Å². The lowest BCUT2D eigenvalue weighted by Gasteiger charge is -2.17. The Labute approximate surface area is 96.1 Å². The van der Waals surface area contributed by atoms with Crippen LogP contribution in [0.2, 0.25) is 0 Å². The van der Waals surface area contributed by atoms with Gasteiger partial charge in [0.25, 0.3) is 0 Å². The summed E-state index contributed by atoms with van der Waals surface area (Å²) in [6.07, 6.45) is 4.84. The lowest BCUT2D eigenvalue weighted by atomic mass is 9.94. The van der Waals surface area contributed by atoms with E-state index in [-0.39, 0.29) is 0 Å². The van der Waals surface area contributed by atoms with Gasteiger partial charge in [0.1, 0.15) is 10.7 Å². The second-order valence-corrected chi connectivity index (χ2v) is 4.45. The number of nitrogens with zero attached hydrogens (tertiary/aromatic N) is 1. The Hall–Kier alpha value is -0.960. The van der Waals surface area contributed by atoms with Crippen LogP contribution in [0.25, 0.3) is 0 Å². The molecule has 1 aromatic heterocycles. The van der Waals surface area contributed by atoms with Gasteiger partial charge in [-0.1, -0.05) is 18.3 Å². The SMILES string of the molecule is CNC(=S)c1nc2c(cc1C)CCCC2. The normalized spacial score (nSPS) is 14.5. The van der Waals surface area contributed by atoms with Crippen LogP contribution < -0.4 is 5.32 Å². The predicted octanol–water partition coefficient (Wildman–Crippen LogP) is 2.16. The Morgan fingerprint density at radius 2 is 2.13 bits per heavy atom. The van der Waals surface area contributed by atoms with Crippen LogP contribution in [0, 0.1) is 6.92 Å². The van der Waals surface area contributed by atoms with Crippen LogP contribution in [-0.2, 0) is 12.8 Å². The first-order chi connectivity index (χ1) is 7.22. The van der Waals surface area contributed by atoms with Crippen LogP contribution in [0.5, 0.6) is 0 Å². The number of nitrogens with one attached hydrogen (secondary N) is 1. The summed E-state index contributed by atoms with van der Waals surface area (Å²) in [6.45, 7) is 2.08. The van der Waals surface area contributed by atoms with E-state index >= 15 is 0 Å². The van der Waals surface area contributed by atoms with Crippen LogP contribution in [0.4, 0.5) is 0 Å². The Morgan fingerprint density at radius 1 is 1.40 bits per heavy atom. The summed E-state index contributed by atoms with van der Waals surface area (Å²) in [5, 5.41) is 3.00. The zero-order valence-electron chi connectivity index (χ0n) is 9.26. The van der Waals surface area contributed by atoms with Crippen molar-refractivity contribution in [3.8, 4) is 0 Å². The van der Waals surface area contributed by atoms with Gasteiger partial charge in [0.15, 0.2) is 0 Å². The minimum absolute atomic E-state index is 0.751. The number of hydrogen-bond donors (Lipinski definition) is 1. The van der Waals surface area contributed by atoms with Gasteiger partial charge in [0, 0.05) is 12.7 Å². The summed E-state index contributed by atoms with van der Waals surface area (Å²) < 4.78 is 0. The second-order valence-electron chi connectivity index (χ2n) is 4.05. The van der Waals surface area contributed by atoms with Gasteiger partial charge in [0.05, 0.1) is 0 Å². The van der Waals surface area contributed by atoms with E-state index in [0.717, 1.165) is 17.1 Å². The van der Waals surface area contributed by atoms with Crippen LogP contribution in [0.15, 0.2) is 6.07 Å². The fraction of sp³-hybridized carbons (Fsp3) is 0.500. The van der Waals surface area contributed by atoms with E-state index in [1.54, 1.807) is 0 Å². The van der Waals surface area contributed by atoms with Crippen LogP contribution >= 0.6 is 12.2 Å². The highest BCUT2D eigenvalue weighted by Gasteiger charge is 2.14. The first kappa shape index (κ1) is 10.6. The van der Waals surface area contributed by atoms with E-state index in [1.807, 2.05) is 7.05 Å². The van der Waals surface area contributed by atoms with Gasteiger partial charge in [-0.2, -0.15) is 0 Å². The molecule has 0 saturated heterocycles. The maximum Gasteiger partial charge on any atom is 0.125 e. The third kappa shape index (κ3) is 2.02. The average Bonchev–Trinajstić information content (AvgIpc) is 2.27. The van der Waals surface area contributed by atoms with Crippen LogP contribution in [0.3, 0.4) is 0 Å². The number of thiocarbonyl (C=S) groups is 1. The zero-order chi connectivity index (χ0) is 10.8. The average molecular weight is 220 g/mol. The molecule has 0 atom stereocenters. The van der Waals surface area contributed by atoms with E-state index in [1.165, 1.54) is 36.1 Å². The lowest BCUT2D eigenvalue weighted by Crippen LogP contribution is -2.21. The smallest absolute Gasteiger partial charge is 0.125 e. The Kier molecular flexibility index (Phi) is 3.00. The molecule has 1 heterocycles. The molecule has 0 aliphatic heterocycles. The monoisotopic (exact) mass is 220 g/mol.